The van der Waals surface area contributed by atoms with Gasteiger partial charge in [0.25, 0.3) is 0 Å². The van der Waals surface area contributed by atoms with E-state index in [0.717, 1.165) is 27.8 Å². The zero-order valence-electron chi connectivity index (χ0n) is 15.5. The summed E-state index contributed by atoms with van der Waals surface area (Å²) >= 11 is 0. The van der Waals surface area contributed by atoms with Crippen LogP contribution in [0.2, 0.25) is 0 Å². The van der Waals surface area contributed by atoms with E-state index in [1.165, 1.54) is 12.1 Å². The van der Waals surface area contributed by atoms with Gasteiger partial charge in [0.05, 0.1) is 17.4 Å². The quantitative estimate of drug-likeness (QED) is 0.567. The number of hydrogen-bond acceptors (Lipinski definition) is 4. The largest absolute Gasteiger partial charge is 0.384 e. The summed E-state index contributed by atoms with van der Waals surface area (Å²) < 4.78 is 28.3. The molecule has 3 N–H and O–H groups in total. The third-order valence-corrected chi connectivity index (χ3v) is 4.46. The zero-order chi connectivity index (χ0) is 19.4. The van der Waals surface area contributed by atoms with Crippen LogP contribution in [-0.4, -0.2) is 46.8 Å². The van der Waals surface area contributed by atoms with Gasteiger partial charge in [0, 0.05) is 24.2 Å². The van der Waals surface area contributed by atoms with Crippen LogP contribution < -0.4 is 10.6 Å². The third kappa shape index (κ3) is 4.26. The fourth-order valence-electron chi connectivity index (χ4n) is 2.98. The van der Waals surface area contributed by atoms with Crippen LogP contribution in [0.5, 0.6) is 0 Å². The number of benzene rings is 2. The van der Waals surface area contributed by atoms with E-state index >= 15 is 0 Å². The maximum atomic E-state index is 13.3. The molecule has 1 heterocycles. The van der Waals surface area contributed by atoms with Crippen LogP contribution in [0.15, 0.2) is 42.6 Å². The van der Waals surface area contributed by atoms with E-state index in [1.807, 2.05) is 26.0 Å². The van der Waals surface area contributed by atoms with Crippen LogP contribution in [-0.2, 0) is 0 Å². The van der Waals surface area contributed by atoms with Crippen LogP contribution >= 0.6 is 0 Å². The molecule has 0 radical (unpaired) electrons. The van der Waals surface area contributed by atoms with Gasteiger partial charge in [-0.1, -0.05) is 6.92 Å². The Morgan fingerprint density at radius 1 is 1.19 bits per heavy atom. The summed E-state index contributed by atoms with van der Waals surface area (Å²) in [5, 5.41) is 21.8. The Labute approximate surface area is 157 Å². The van der Waals surface area contributed by atoms with E-state index in [4.69, 9.17) is 0 Å². The lowest BCUT2D eigenvalue weighted by Crippen LogP contribution is -2.48. The summed E-state index contributed by atoms with van der Waals surface area (Å²) in [5.41, 5.74) is 1.86. The van der Waals surface area contributed by atoms with Crippen molar-refractivity contribution in [3.05, 3.63) is 54.0 Å². The monoisotopic (exact) mass is 374 g/mol. The van der Waals surface area contributed by atoms with Crippen LogP contribution in [0, 0.1) is 12.7 Å². The molecule has 1 atom stereocenters. The Hall–Kier alpha value is -2.51. The van der Waals surface area contributed by atoms with Gasteiger partial charge in [0.15, 0.2) is 0 Å². The maximum absolute atomic E-state index is 13.3. The van der Waals surface area contributed by atoms with Crippen molar-refractivity contribution in [3.8, 4) is 5.69 Å². The molecule has 0 fully saturated rings. The van der Waals surface area contributed by atoms with Crippen LogP contribution in [0.4, 0.5) is 14.5 Å². The lowest BCUT2D eigenvalue weighted by atomic mass is 10.1. The smallest absolute Gasteiger partial charge is 0.123 e. The normalized spacial score (nSPS) is 13.7. The minimum absolute atomic E-state index is 0.0663. The van der Waals surface area contributed by atoms with Crippen molar-refractivity contribution in [2.24, 2.45) is 0 Å². The van der Waals surface area contributed by atoms with E-state index in [-0.39, 0.29) is 18.9 Å². The minimum Gasteiger partial charge on any atom is -0.384 e. The summed E-state index contributed by atoms with van der Waals surface area (Å²) in [6.45, 7) is 3.89. The number of rotatable bonds is 8. The highest BCUT2D eigenvalue weighted by molar-refractivity contribution is 5.93. The van der Waals surface area contributed by atoms with Gasteiger partial charge >= 0.3 is 0 Å². The molecule has 7 heteroatoms. The first kappa shape index (κ1) is 19.3. The highest BCUT2D eigenvalue weighted by Gasteiger charge is 2.26. The Morgan fingerprint density at radius 3 is 2.59 bits per heavy atom. The molecule has 0 bridgehead atoms. The number of aliphatic hydroxyl groups is 1. The average Bonchev–Trinajstić information content (AvgIpc) is 3.09. The second kappa shape index (κ2) is 8.02. The molecule has 0 amide bonds. The van der Waals surface area contributed by atoms with Crippen molar-refractivity contribution >= 4 is 16.6 Å². The van der Waals surface area contributed by atoms with Crippen molar-refractivity contribution < 1.29 is 13.9 Å². The predicted octanol–water partition coefficient (Wildman–Crippen LogP) is 3.20. The number of anilines is 1. The molecule has 2 aromatic carbocycles. The molecule has 1 unspecified atom stereocenters. The van der Waals surface area contributed by atoms with E-state index < -0.39 is 12.3 Å². The van der Waals surface area contributed by atoms with Gasteiger partial charge in [0.1, 0.15) is 18.1 Å². The minimum atomic E-state index is -1.49. The standard InChI is InChI=1S/C20H24F2N4O/c1-3-23-12-20(27,11-21)13-24-18-8-14(2)9-19-17(18)10-25-26(19)16-6-4-15(22)5-7-16/h4-10,23-24,27H,3,11-13H2,1-2H3. The lowest BCUT2D eigenvalue weighted by molar-refractivity contribution is 0.0287. The lowest BCUT2D eigenvalue weighted by Gasteiger charge is -2.26. The Kier molecular flexibility index (Phi) is 5.72. The molecule has 0 saturated carbocycles. The Balaban J connectivity index is 1.92. The molecule has 27 heavy (non-hydrogen) atoms. The predicted molar refractivity (Wildman–Crippen MR) is 104 cm³/mol. The molecule has 0 aliphatic heterocycles. The second-order valence-corrected chi connectivity index (χ2v) is 6.77. The SMILES string of the molecule is CCNCC(O)(CF)CNc1cc(C)cc2c1cnn2-c1ccc(F)cc1. The summed E-state index contributed by atoms with van der Waals surface area (Å²) in [5.74, 6) is -0.306. The third-order valence-electron chi connectivity index (χ3n) is 4.46. The van der Waals surface area contributed by atoms with Crippen LogP contribution in [0.3, 0.4) is 0 Å². The molecule has 0 aliphatic rings. The van der Waals surface area contributed by atoms with Crippen molar-refractivity contribution in [2.75, 3.05) is 31.6 Å². The fraction of sp³-hybridized carbons (Fsp3) is 0.350. The van der Waals surface area contributed by atoms with Gasteiger partial charge in [-0.3, -0.25) is 0 Å². The van der Waals surface area contributed by atoms with Crippen molar-refractivity contribution in [1.29, 1.82) is 0 Å². The average molecular weight is 374 g/mol. The van der Waals surface area contributed by atoms with Crippen LogP contribution in [0.1, 0.15) is 12.5 Å². The first-order valence-electron chi connectivity index (χ1n) is 8.93. The molecule has 5 nitrogen and oxygen atoms in total. The molecule has 3 aromatic rings. The number of hydrogen-bond donors (Lipinski definition) is 3. The van der Waals surface area contributed by atoms with Crippen molar-refractivity contribution in [2.45, 2.75) is 19.4 Å². The number of halogens is 2. The van der Waals surface area contributed by atoms with Gasteiger partial charge < -0.3 is 15.7 Å². The van der Waals surface area contributed by atoms with Crippen molar-refractivity contribution in [3.63, 3.8) is 0 Å². The number of nitrogens with zero attached hydrogens (tertiary/aromatic N) is 2. The van der Waals surface area contributed by atoms with Crippen molar-refractivity contribution in [1.82, 2.24) is 15.1 Å². The summed E-state index contributed by atoms with van der Waals surface area (Å²) in [7, 11) is 0. The zero-order valence-corrected chi connectivity index (χ0v) is 15.5. The molecule has 3 rings (SSSR count). The van der Waals surface area contributed by atoms with Gasteiger partial charge in [-0.2, -0.15) is 5.10 Å². The number of nitrogens with one attached hydrogen (secondary N) is 2. The summed E-state index contributed by atoms with van der Waals surface area (Å²) in [6.07, 6.45) is 1.71. The highest BCUT2D eigenvalue weighted by atomic mass is 19.1. The molecular formula is C20H24F2N4O. The number of alkyl halides is 1. The summed E-state index contributed by atoms with van der Waals surface area (Å²) in [6, 6.07) is 10.0. The van der Waals surface area contributed by atoms with Crippen LogP contribution in [0.25, 0.3) is 16.6 Å². The molecule has 0 aliphatic carbocycles. The maximum Gasteiger partial charge on any atom is 0.123 e. The molecule has 0 saturated heterocycles. The van der Waals surface area contributed by atoms with E-state index in [9.17, 15) is 13.9 Å². The topological polar surface area (TPSA) is 62.1 Å². The second-order valence-electron chi connectivity index (χ2n) is 6.77. The summed E-state index contributed by atoms with van der Waals surface area (Å²) in [4.78, 5) is 0. The van der Waals surface area contributed by atoms with Gasteiger partial charge in [-0.15, -0.1) is 0 Å². The van der Waals surface area contributed by atoms with Gasteiger partial charge in [0.2, 0.25) is 0 Å². The highest BCUT2D eigenvalue weighted by Crippen LogP contribution is 2.28. The first-order chi connectivity index (χ1) is 13.0. The number of fused-ring (bicyclic) bond motifs is 1. The Bertz CT molecular complexity index is 910. The Morgan fingerprint density at radius 2 is 1.93 bits per heavy atom. The van der Waals surface area contributed by atoms with E-state index in [1.54, 1.807) is 23.0 Å². The molecule has 144 valence electrons. The first-order valence-corrected chi connectivity index (χ1v) is 8.93. The van der Waals surface area contributed by atoms with Gasteiger partial charge in [-0.25, -0.2) is 13.5 Å². The molecule has 0 spiro atoms. The molecular weight excluding hydrogens is 350 g/mol. The number of aryl methyl sites for hydroxylation is 1. The number of likely N-dealkylation sites (N-methyl/N-ethyl adjacent to an activating group) is 1. The number of aromatic nitrogens is 2. The molecule has 1 aromatic heterocycles. The van der Waals surface area contributed by atoms with E-state index in [0.29, 0.717) is 6.54 Å². The van der Waals surface area contributed by atoms with E-state index in [2.05, 4.69) is 15.7 Å². The fourth-order valence-corrected chi connectivity index (χ4v) is 2.98. The van der Waals surface area contributed by atoms with Gasteiger partial charge in [-0.05, 0) is 55.4 Å².